The van der Waals surface area contributed by atoms with Crippen molar-refractivity contribution < 1.29 is 0 Å². The van der Waals surface area contributed by atoms with Crippen molar-refractivity contribution in [1.82, 2.24) is 0 Å². The first-order valence-corrected chi connectivity index (χ1v) is 12.4. The molecule has 0 saturated carbocycles. The molecule has 0 heterocycles. The van der Waals surface area contributed by atoms with E-state index in [1.807, 2.05) is 0 Å². The van der Waals surface area contributed by atoms with Crippen LogP contribution >= 0.6 is 0 Å². The number of rotatable bonds is 3. The van der Waals surface area contributed by atoms with Gasteiger partial charge in [0, 0.05) is 16.1 Å². The van der Waals surface area contributed by atoms with Gasteiger partial charge in [-0.05, 0) is 19.0 Å². The highest BCUT2D eigenvalue weighted by atomic mass is 28.4. The van der Waals surface area contributed by atoms with Crippen molar-refractivity contribution in [3.63, 3.8) is 0 Å². The van der Waals surface area contributed by atoms with E-state index in [9.17, 15) is 0 Å². The third kappa shape index (κ3) is 3.82. The summed E-state index contributed by atoms with van der Waals surface area (Å²) in [6, 6.07) is 0. The Labute approximate surface area is 86.5 Å². The lowest BCUT2D eigenvalue weighted by atomic mass is 10.3. The maximum Gasteiger partial charge on any atom is 0.0489 e. The first kappa shape index (κ1) is 13.2. The van der Waals surface area contributed by atoms with Crippen LogP contribution in [0.2, 0.25) is 44.4 Å². The van der Waals surface area contributed by atoms with Crippen molar-refractivity contribution >= 4 is 16.1 Å². The molecule has 0 radical (unpaired) electrons. The molecule has 0 aliphatic heterocycles. The highest BCUT2D eigenvalue weighted by Crippen LogP contribution is 2.37. The van der Waals surface area contributed by atoms with Crippen LogP contribution in [0.15, 0.2) is 11.6 Å². The maximum absolute atomic E-state index is 2.50. The molecule has 0 amide bonds. The van der Waals surface area contributed by atoms with Crippen LogP contribution in [0.1, 0.15) is 13.8 Å². The van der Waals surface area contributed by atoms with E-state index in [1.165, 1.54) is 0 Å². The molecule has 0 aliphatic carbocycles. The minimum atomic E-state index is -1.01. The largest absolute Gasteiger partial charge is 0.0890 e. The highest BCUT2D eigenvalue weighted by molar-refractivity contribution is 6.97. The van der Waals surface area contributed by atoms with E-state index in [0.29, 0.717) is 0 Å². The molecule has 0 unspecified atom stereocenters. The molecule has 0 spiro atoms. The van der Waals surface area contributed by atoms with E-state index in [4.69, 9.17) is 0 Å². The molecule has 13 heavy (non-hydrogen) atoms. The van der Waals surface area contributed by atoms with Crippen LogP contribution in [0, 0.1) is 0 Å². The summed E-state index contributed by atoms with van der Waals surface area (Å²) in [7, 11) is -2.03. The van der Waals surface area contributed by atoms with Crippen LogP contribution in [-0.2, 0) is 0 Å². The minimum Gasteiger partial charge on any atom is -0.0890 e. The Bertz CT molecular complexity index is 177. The van der Waals surface area contributed by atoms with E-state index in [0.717, 1.165) is 5.16 Å². The van der Waals surface area contributed by atoms with Crippen molar-refractivity contribution in [3.05, 3.63) is 11.6 Å². The van der Waals surface area contributed by atoms with Gasteiger partial charge in [0.2, 0.25) is 0 Å². The van der Waals surface area contributed by atoms with Crippen LogP contribution in [-0.4, -0.2) is 16.1 Å². The van der Waals surface area contributed by atoms with Gasteiger partial charge in [-0.15, -0.1) is 0 Å². The second-order valence-corrected chi connectivity index (χ2v) is 17.4. The number of hydrogen-bond donors (Lipinski definition) is 0. The summed E-state index contributed by atoms with van der Waals surface area (Å²) in [4.78, 5) is 0. The minimum absolute atomic E-state index is 0.935. The summed E-state index contributed by atoms with van der Waals surface area (Å²) in [5.41, 5.74) is 1.64. The zero-order valence-electron chi connectivity index (χ0n) is 10.7. The van der Waals surface area contributed by atoms with Crippen LogP contribution < -0.4 is 0 Å². The van der Waals surface area contributed by atoms with Crippen LogP contribution in [0.3, 0.4) is 0 Å². The molecule has 0 aliphatic rings. The van der Waals surface area contributed by atoms with Crippen molar-refractivity contribution in [1.29, 1.82) is 0 Å². The van der Waals surface area contributed by atoms with Crippen LogP contribution in [0.25, 0.3) is 0 Å². The van der Waals surface area contributed by atoms with Gasteiger partial charge in [-0.2, -0.15) is 0 Å². The van der Waals surface area contributed by atoms with Crippen molar-refractivity contribution in [2.75, 3.05) is 0 Å². The van der Waals surface area contributed by atoms with Gasteiger partial charge >= 0.3 is 0 Å². The molecule has 0 aromatic rings. The molecule has 0 atom stereocenters. The fraction of sp³-hybridized carbons (Fsp3) is 0.818. The third-order valence-electron chi connectivity index (χ3n) is 2.64. The van der Waals surface area contributed by atoms with Gasteiger partial charge in [0.1, 0.15) is 0 Å². The van der Waals surface area contributed by atoms with E-state index >= 15 is 0 Å². The molecule has 0 fully saturated rings. The molecule has 0 rings (SSSR count). The van der Waals surface area contributed by atoms with E-state index in [1.54, 1.807) is 5.57 Å². The first-order valence-electron chi connectivity index (χ1n) is 5.23. The first-order chi connectivity index (χ1) is 5.60. The van der Waals surface area contributed by atoms with E-state index in [2.05, 4.69) is 59.2 Å². The van der Waals surface area contributed by atoms with Gasteiger partial charge in [-0.3, -0.25) is 0 Å². The molecule has 0 nitrogen and oxygen atoms in total. The van der Waals surface area contributed by atoms with Gasteiger partial charge in [0.15, 0.2) is 0 Å². The lowest BCUT2D eigenvalue weighted by Gasteiger charge is -2.39. The summed E-state index contributed by atoms with van der Waals surface area (Å²) >= 11 is 0. The summed E-state index contributed by atoms with van der Waals surface area (Å²) < 4.78 is 0. The summed E-state index contributed by atoms with van der Waals surface area (Å²) in [5.74, 6) is 0. The Hall–Kier alpha value is 0.174. The Morgan fingerprint density at radius 1 is 0.923 bits per heavy atom. The fourth-order valence-corrected chi connectivity index (χ4v) is 16.3. The summed E-state index contributed by atoms with van der Waals surface area (Å²) in [5, 5.41) is 0.935. The normalized spacial score (nSPS) is 15.3. The zero-order valence-corrected chi connectivity index (χ0v) is 12.7. The zero-order chi connectivity index (χ0) is 10.9. The van der Waals surface area contributed by atoms with E-state index in [-0.39, 0.29) is 0 Å². The third-order valence-corrected chi connectivity index (χ3v) is 12.2. The standard InChI is InChI=1S/C11H26Si2/c1-9-10(2)11(12(3,4)5)13(6,7)8/h9,11H,1-8H3/b10-9+. The molecule has 0 aromatic heterocycles. The maximum atomic E-state index is 2.50. The van der Waals surface area contributed by atoms with Crippen molar-refractivity contribution in [3.8, 4) is 0 Å². The summed E-state index contributed by atoms with van der Waals surface area (Å²) in [6.45, 7) is 19.5. The Balaban J connectivity index is 5.01. The smallest absolute Gasteiger partial charge is 0.0489 e. The van der Waals surface area contributed by atoms with Gasteiger partial charge in [-0.25, -0.2) is 0 Å². The van der Waals surface area contributed by atoms with Crippen LogP contribution in [0.5, 0.6) is 0 Å². The molecular formula is C11H26Si2. The van der Waals surface area contributed by atoms with Gasteiger partial charge in [0.05, 0.1) is 0 Å². The van der Waals surface area contributed by atoms with Gasteiger partial charge < -0.3 is 0 Å². The highest BCUT2D eigenvalue weighted by Gasteiger charge is 2.37. The fourth-order valence-electron chi connectivity index (χ4n) is 2.83. The van der Waals surface area contributed by atoms with Crippen molar-refractivity contribution in [2.45, 2.75) is 58.3 Å². The average molecular weight is 215 g/mol. The van der Waals surface area contributed by atoms with Crippen molar-refractivity contribution in [2.24, 2.45) is 0 Å². The molecule has 0 saturated heterocycles. The molecular weight excluding hydrogens is 188 g/mol. The molecule has 78 valence electrons. The van der Waals surface area contributed by atoms with Gasteiger partial charge in [-0.1, -0.05) is 50.9 Å². The molecule has 2 heteroatoms. The van der Waals surface area contributed by atoms with Gasteiger partial charge in [0.25, 0.3) is 0 Å². The van der Waals surface area contributed by atoms with Crippen LogP contribution in [0.4, 0.5) is 0 Å². The SMILES string of the molecule is C/C=C(\C)C([Si](C)(C)C)[Si](C)(C)C. The number of allylic oxidation sites excluding steroid dienone is 2. The predicted octanol–water partition coefficient (Wildman–Crippen LogP) is 4.54. The topological polar surface area (TPSA) is 0 Å². The lowest BCUT2D eigenvalue weighted by Crippen LogP contribution is -2.44. The molecule has 0 N–H and O–H groups in total. The predicted molar refractivity (Wildman–Crippen MR) is 69.9 cm³/mol. The molecule has 0 bridgehead atoms. The monoisotopic (exact) mass is 214 g/mol. The second-order valence-electron chi connectivity index (χ2n) is 6.20. The Morgan fingerprint density at radius 2 is 1.23 bits per heavy atom. The number of hydrogen-bond acceptors (Lipinski definition) is 0. The molecule has 0 aromatic carbocycles. The second kappa shape index (κ2) is 4.13. The van der Waals surface area contributed by atoms with E-state index < -0.39 is 16.1 Å². The Morgan fingerprint density at radius 3 is 1.31 bits per heavy atom. The average Bonchev–Trinajstić information content (AvgIpc) is 1.80. The Kier molecular flexibility index (Phi) is 4.19. The lowest BCUT2D eigenvalue weighted by molar-refractivity contribution is 1.16. The quantitative estimate of drug-likeness (QED) is 0.478. The summed E-state index contributed by atoms with van der Waals surface area (Å²) in [6.07, 6.45) is 2.32.